The van der Waals surface area contributed by atoms with E-state index in [9.17, 15) is 0 Å². The summed E-state index contributed by atoms with van der Waals surface area (Å²) in [6.45, 7) is 6.12. The molecule has 0 unspecified atom stereocenters. The van der Waals surface area contributed by atoms with E-state index in [0.29, 0.717) is 0 Å². The van der Waals surface area contributed by atoms with Gasteiger partial charge in [0, 0.05) is 38.8 Å². The maximum absolute atomic E-state index is 2.82. The second-order valence-corrected chi connectivity index (χ2v) is 8.19. The van der Waals surface area contributed by atoms with E-state index in [2.05, 4.69) is 52.3 Å². The van der Waals surface area contributed by atoms with Gasteiger partial charge in [-0.15, -0.1) is 0 Å². The fourth-order valence-corrected chi connectivity index (χ4v) is 5.58. The summed E-state index contributed by atoms with van der Waals surface area (Å²) < 4.78 is 0. The first-order chi connectivity index (χ1) is 11.9. The molecule has 0 radical (unpaired) electrons. The second kappa shape index (κ2) is 6.16. The van der Waals surface area contributed by atoms with Crippen molar-refractivity contribution in [3.63, 3.8) is 0 Å². The molecule has 0 spiro atoms. The van der Waals surface area contributed by atoms with Crippen molar-refractivity contribution in [2.75, 3.05) is 26.2 Å². The van der Waals surface area contributed by atoms with Gasteiger partial charge >= 0.3 is 0 Å². The minimum Gasteiger partial charge on any atom is -0.298 e. The average molecular weight is 320 g/mol. The zero-order valence-electron chi connectivity index (χ0n) is 14.5. The summed E-state index contributed by atoms with van der Waals surface area (Å²) in [6.07, 6.45) is 6.04. The van der Waals surface area contributed by atoms with Crippen molar-refractivity contribution in [2.45, 2.75) is 38.3 Å². The Balaban J connectivity index is 1.24. The van der Waals surface area contributed by atoms with E-state index < -0.39 is 0 Å². The van der Waals surface area contributed by atoms with Crippen molar-refractivity contribution in [3.8, 4) is 0 Å². The molecular formula is C22H28N2. The van der Waals surface area contributed by atoms with E-state index in [1.807, 2.05) is 0 Å². The molecule has 0 aromatic heterocycles. The lowest BCUT2D eigenvalue weighted by Crippen LogP contribution is -2.51. The molecule has 2 aromatic carbocycles. The molecule has 0 N–H and O–H groups in total. The fraction of sp³-hybridized carbons (Fsp3) is 0.545. The van der Waals surface area contributed by atoms with Crippen LogP contribution in [0.4, 0.5) is 0 Å². The molecule has 1 saturated heterocycles. The lowest BCUT2D eigenvalue weighted by Gasteiger charge is -2.41. The lowest BCUT2D eigenvalue weighted by atomic mass is 9.93. The molecule has 5 rings (SSSR count). The number of benzene rings is 2. The van der Waals surface area contributed by atoms with Gasteiger partial charge < -0.3 is 0 Å². The van der Waals surface area contributed by atoms with Crippen molar-refractivity contribution in [2.24, 2.45) is 11.8 Å². The van der Waals surface area contributed by atoms with Crippen molar-refractivity contribution in [1.82, 2.24) is 9.80 Å². The largest absolute Gasteiger partial charge is 0.298 e. The van der Waals surface area contributed by atoms with Crippen LogP contribution in [0.15, 0.2) is 42.5 Å². The maximum Gasteiger partial charge on any atom is 0.0240 e. The zero-order valence-corrected chi connectivity index (χ0v) is 14.5. The predicted octanol–water partition coefficient (Wildman–Crippen LogP) is 4.15. The van der Waals surface area contributed by atoms with E-state index in [-0.39, 0.29) is 0 Å². The highest BCUT2D eigenvalue weighted by molar-refractivity contribution is 5.85. The Kier molecular flexibility index (Phi) is 3.83. The van der Waals surface area contributed by atoms with E-state index in [0.717, 1.165) is 24.4 Å². The normalized spacial score (nSPS) is 31.1. The molecule has 3 atom stereocenters. The molecule has 1 aliphatic heterocycles. The summed E-state index contributed by atoms with van der Waals surface area (Å²) in [7, 11) is 0. The predicted molar refractivity (Wildman–Crippen MR) is 100 cm³/mol. The van der Waals surface area contributed by atoms with Gasteiger partial charge in [0.05, 0.1) is 0 Å². The number of hydrogen-bond donors (Lipinski definition) is 0. The quantitative estimate of drug-likeness (QED) is 0.838. The van der Waals surface area contributed by atoms with Gasteiger partial charge in [-0.1, -0.05) is 48.9 Å². The van der Waals surface area contributed by atoms with Crippen LogP contribution in [0.3, 0.4) is 0 Å². The highest BCUT2D eigenvalue weighted by Crippen LogP contribution is 2.46. The third kappa shape index (κ3) is 2.66. The van der Waals surface area contributed by atoms with Gasteiger partial charge in [0.2, 0.25) is 0 Å². The van der Waals surface area contributed by atoms with Gasteiger partial charge in [-0.3, -0.25) is 9.80 Å². The molecule has 2 bridgehead atoms. The molecule has 3 aliphatic rings. The molecule has 126 valence electrons. The van der Waals surface area contributed by atoms with Crippen LogP contribution >= 0.6 is 0 Å². The fourth-order valence-electron chi connectivity index (χ4n) is 5.58. The van der Waals surface area contributed by atoms with Crippen LogP contribution in [-0.4, -0.2) is 42.0 Å². The van der Waals surface area contributed by atoms with Crippen LogP contribution in [0.1, 0.15) is 31.2 Å². The number of nitrogens with zero attached hydrogens (tertiary/aromatic N) is 2. The second-order valence-electron chi connectivity index (χ2n) is 8.19. The van der Waals surface area contributed by atoms with Crippen LogP contribution in [0, 0.1) is 11.8 Å². The molecule has 2 nitrogen and oxygen atoms in total. The van der Waals surface area contributed by atoms with Crippen molar-refractivity contribution >= 4 is 10.8 Å². The molecule has 2 aliphatic carbocycles. The van der Waals surface area contributed by atoms with Crippen LogP contribution in [0.5, 0.6) is 0 Å². The number of fused-ring (bicyclic) bond motifs is 3. The van der Waals surface area contributed by atoms with Crippen LogP contribution < -0.4 is 0 Å². The topological polar surface area (TPSA) is 6.48 Å². The highest BCUT2D eigenvalue weighted by Gasteiger charge is 2.42. The minimum atomic E-state index is 0.920. The van der Waals surface area contributed by atoms with Crippen LogP contribution in [0.25, 0.3) is 10.8 Å². The third-order valence-corrected chi connectivity index (χ3v) is 6.85. The Labute approximate surface area is 145 Å². The van der Waals surface area contributed by atoms with Gasteiger partial charge in [-0.25, -0.2) is 0 Å². The van der Waals surface area contributed by atoms with Crippen molar-refractivity contribution < 1.29 is 0 Å². The average Bonchev–Trinajstić information content (AvgIpc) is 3.26. The summed E-state index contributed by atoms with van der Waals surface area (Å²) in [4.78, 5) is 5.48. The van der Waals surface area contributed by atoms with E-state index in [1.165, 1.54) is 68.2 Å². The van der Waals surface area contributed by atoms with Gasteiger partial charge in [-0.2, -0.15) is 0 Å². The van der Waals surface area contributed by atoms with Gasteiger partial charge in [0.15, 0.2) is 0 Å². The lowest BCUT2D eigenvalue weighted by molar-refractivity contribution is 0.0681. The Morgan fingerprint density at radius 1 is 0.833 bits per heavy atom. The highest BCUT2D eigenvalue weighted by atomic mass is 15.3. The van der Waals surface area contributed by atoms with Crippen molar-refractivity contribution in [3.05, 3.63) is 48.0 Å². The standard InChI is InChI=1S/C22H28N2/c1-2-7-21-18(4-1)5-3-6-20(21)16-23-10-12-24(13-11-23)22-15-17-8-9-19(22)14-17/h1-7,17,19,22H,8-16H2/t17-,19+,22-/m1/s1. The Bertz CT molecular complexity index is 711. The van der Waals surface area contributed by atoms with E-state index in [4.69, 9.17) is 0 Å². The van der Waals surface area contributed by atoms with E-state index in [1.54, 1.807) is 0 Å². The Morgan fingerprint density at radius 3 is 2.46 bits per heavy atom. The third-order valence-electron chi connectivity index (χ3n) is 6.85. The zero-order chi connectivity index (χ0) is 15.9. The summed E-state index contributed by atoms with van der Waals surface area (Å²) in [5.41, 5.74) is 1.49. The Hall–Kier alpha value is -1.38. The molecule has 1 heterocycles. The van der Waals surface area contributed by atoms with Gasteiger partial charge in [0.1, 0.15) is 0 Å². The molecule has 2 heteroatoms. The monoisotopic (exact) mass is 320 g/mol. The maximum atomic E-state index is 2.82. The smallest absolute Gasteiger partial charge is 0.0240 e. The SMILES string of the molecule is c1ccc2c(CN3CCN([C@@H]4C[C@@H]5CC[C@H]4C5)CC3)cccc2c1. The molecule has 2 aromatic rings. The molecule has 0 amide bonds. The molecular weight excluding hydrogens is 292 g/mol. The minimum absolute atomic E-state index is 0.920. The summed E-state index contributed by atoms with van der Waals surface area (Å²) in [5.74, 6) is 2.09. The van der Waals surface area contributed by atoms with Crippen LogP contribution in [-0.2, 0) is 6.54 Å². The number of piperazine rings is 1. The number of hydrogen-bond acceptors (Lipinski definition) is 2. The molecule has 3 fully saturated rings. The van der Waals surface area contributed by atoms with Gasteiger partial charge in [-0.05, 0) is 47.4 Å². The Morgan fingerprint density at radius 2 is 1.67 bits per heavy atom. The number of rotatable bonds is 3. The summed E-state index contributed by atoms with van der Waals surface area (Å²) in [5, 5.41) is 2.80. The summed E-state index contributed by atoms with van der Waals surface area (Å²) >= 11 is 0. The first kappa shape index (κ1) is 14.9. The first-order valence-corrected chi connectivity index (χ1v) is 9.80. The first-order valence-electron chi connectivity index (χ1n) is 9.80. The van der Waals surface area contributed by atoms with Gasteiger partial charge in [0.25, 0.3) is 0 Å². The van der Waals surface area contributed by atoms with Crippen molar-refractivity contribution in [1.29, 1.82) is 0 Å². The molecule has 24 heavy (non-hydrogen) atoms. The summed E-state index contributed by atoms with van der Waals surface area (Å²) in [6, 6.07) is 16.5. The molecule has 2 saturated carbocycles. The van der Waals surface area contributed by atoms with Crippen LogP contribution in [0.2, 0.25) is 0 Å². The van der Waals surface area contributed by atoms with E-state index >= 15 is 0 Å².